The van der Waals surface area contributed by atoms with Crippen LogP contribution < -0.4 is 4.90 Å². The highest BCUT2D eigenvalue weighted by Gasteiger charge is 2.23. The monoisotopic (exact) mass is 375 g/mol. The second-order valence-corrected chi connectivity index (χ2v) is 7.01. The van der Waals surface area contributed by atoms with Crippen LogP contribution in [0.3, 0.4) is 0 Å². The molecule has 0 amide bonds. The average Bonchev–Trinajstić information content (AvgIpc) is 3.22. The number of rotatable bonds is 4. The van der Waals surface area contributed by atoms with Gasteiger partial charge in [-0.2, -0.15) is 4.98 Å². The zero-order chi connectivity index (χ0) is 18.3. The molecule has 4 rings (SSSR count). The molecule has 0 bridgehead atoms. The van der Waals surface area contributed by atoms with Gasteiger partial charge in [-0.25, -0.2) is 9.97 Å². The summed E-state index contributed by atoms with van der Waals surface area (Å²) in [5.74, 6) is 1.31. The van der Waals surface area contributed by atoms with E-state index in [0.29, 0.717) is 36.7 Å². The molecule has 26 heavy (non-hydrogen) atoms. The Balaban J connectivity index is 1.73. The Labute approximate surface area is 156 Å². The highest BCUT2D eigenvalue weighted by molar-refractivity contribution is 6.31. The van der Waals surface area contributed by atoms with Gasteiger partial charge in [0.2, 0.25) is 11.6 Å². The lowest BCUT2D eigenvalue weighted by atomic mass is 10.00. The third-order valence-electron chi connectivity index (χ3n) is 4.95. The molecule has 0 spiro atoms. The van der Waals surface area contributed by atoms with Gasteiger partial charge in [-0.1, -0.05) is 25.4 Å². The molecule has 0 radical (unpaired) electrons. The minimum Gasteiger partial charge on any atom is -0.418 e. The van der Waals surface area contributed by atoms with E-state index in [9.17, 15) is 0 Å². The first-order chi connectivity index (χ1) is 12.6. The number of nitrogens with zero attached hydrogens (tertiary/aromatic N) is 5. The van der Waals surface area contributed by atoms with Crippen LogP contribution in [0.5, 0.6) is 0 Å². The van der Waals surface area contributed by atoms with Gasteiger partial charge in [-0.3, -0.25) is 0 Å². The quantitative estimate of drug-likeness (QED) is 0.693. The molecule has 0 N–H and O–H groups in total. The highest BCUT2D eigenvalue weighted by atomic mass is 35.5. The number of halogens is 1. The van der Waals surface area contributed by atoms with Gasteiger partial charge < -0.3 is 18.6 Å². The minimum absolute atomic E-state index is 0.280. The van der Waals surface area contributed by atoms with Crippen molar-refractivity contribution in [3.8, 4) is 11.6 Å². The van der Waals surface area contributed by atoms with Crippen LogP contribution in [-0.4, -0.2) is 45.8 Å². The van der Waals surface area contributed by atoms with E-state index >= 15 is 0 Å². The van der Waals surface area contributed by atoms with Crippen molar-refractivity contribution in [3.05, 3.63) is 23.1 Å². The summed E-state index contributed by atoms with van der Waals surface area (Å²) in [6.07, 6.45) is 5.04. The molecule has 1 unspecified atom stereocenters. The van der Waals surface area contributed by atoms with E-state index in [4.69, 9.17) is 25.7 Å². The van der Waals surface area contributed by atoms with Crippen molar-refractivity contribution in [3.63, 3.8) is 0 Å². The summed E-state index contributed by atoms with van der Waals surface area (Å²) in [5, 5.41) is 1.34. The first kappa shape index (κ1) is 17.3. The van der Waals surface area contributed by atoms with Crippen LogP contribution in [-0.2, 0) is 11.8 Å². The largest absolute Gasteiger partial charge is 0.418 e. The first-order valence-electron chi connectivity index (χ1n) is 8.89. The molecule has 0 saturated carbocycles. The van der Waals surface area contributed by atoms with Crippen molar-refractivity contribution >= 4 is 28.6 Å². The summed E-state index contributed by atoms with van der Waals surface area (Å²) in [5.41, 5.74) is 2.12. The second-order valence-electron chi connectivity index (χ2n) is 6.65. The lowest BCUT2D eigenvalue weighted by molar-refractivity contribution is 0.120. The topological polar surface area (TPSA) is 69.2 Å². The molecule has 138 valence electrons. The van der Waals surface area contributed by atoms with E-state index in [2.05, 4.69) is 30.0 Å². The molecular formula is C18H22ClN5O2. The summed E-state index contributed by atoms with van der Waals surface area (Å²) >= 11 is 6.32. The fraction of sp³-hybridized carbons (Fsp3) is 0.500. The summed E-state index contributed by atoms with van der Waals surface area (Å²) in [6.45, 7) is 7.16. The fourth-order valence-corrected chi connectivity index (χ4v) is 3.42. The van der Waals surface area contributed by atoms with Gasteiger partial charge >= 0.3 is 0 Å². The maximum atomic E-state index is 6.32. The maximum Gasteiger partial charge on any atom is 0.299 e. The van der Waals surface area contributed by atoms with Crippen LogP contribution in [0.25, 0.3) is 22.6 Å². The zero-order valence-electron chi connectivity index (χ0n) is 15.2. The second kappa shape index (κ2) is 6.89. The van der Waals surface area contributed by atoms with Crippen LogP contribution in [0.2, 0.25) is 5.15 Å². The predicted octanol–water partition coefficient (Wildman–Crippen LogP) is 3.63. The summed E-state index contributed by atoms with van der Waals surface area (Å²) in [7, 11) is 1.99. The highest BCUT2D eigenvalue weighted by Crippen LogP contribution is 2.33. The SMILES string of the molecule is CCC(C)c1cn(C)c2nc(-c3oc(N4CCOCC4)nc3Cl)ncc12. The molecule has 1 aliphatic heterocycles. The zero-order valence-corrected chi connectivity index (χ0v) is 16.0. The van der Waals surface area contributed by atoms with E-state index in [1.54, 1.807) is 0 Å². The van der Waals surface area contributed by atoms with E-state index in [0.717, 1.165) is 30.5 Å². The lowest BCUT2D eigenvalue weighted by Gasteiger charge is -2.24. The van der Waals surface area contributed by atoms with Crippen molar-refractivity contribution in [2.45, 2.75) is 26.2 Å². The Bertz CT molecular complexity index is 929. The molecule has 1 saturated heterocycles. The first-order valence-corrected chi connectivity index (χ1v) is 9.27. The number of fused-ring (bicyclic) bond motifs is 1. The number of morpholine rings is 1. The van der Waals surface area contributed by atoms with Crippen LogP contribution in [0.15, 0.2) is 16.8 Å². The van der Waals surface area contributed by atoms with E-state index in [-0.39, 0.29) is 5.15 Å². The Morgan fingerprint density at radius 2 is 2.04 bits per heavy atom. The van der Waals surface area contributed by atoms with Gasteiger partial charge in [-0.15, -0.1) is 0 Å². The minimum atomic E-state index is 0.280. The van der Waals surface area contributed by atoms with Gasteiger partial charge in [0.15, 0.2) is 5.15 Å². The number of oxazole rings is 1. The van der Waals surface area contributed by atoms with Gasteiger partial charge in [0.1, 0.15) is 5.65 Å². The number of aromatic nitrogens is 4. The Morgan fingerprint density at radius 1 is 1.27 bits per heavy atom. The normalized spacial score (nSPS) is 16.4. The third-order valence-corrected chi connectivity index (χ3v) is 5.21. The number of ether oxygens (including phenoxy) is 1. The number of aryl methyl sites for hydroxylation is 1. The molecule has 1 fully saturated rings. The number of hydrogen-bond acceptors (Lipinski definition) is 6. The van der Waals surface area contributed by atoms with Crippen LogP contribution in [0, 0.1) is 0 Å². The Kier molecular flexibility index (Phi) is 4.58. The maximum absolute atomic E-state index is 6.32. The molecule has 0 aliphatic carbocycles. The van der Waals surface area contributed by atoms with E-state index in [1.165, 1.54) is 5.56 Å². The van der Waals surface area contributed by atoms with Gasteiger partial charge in [-0.05, 0) is 17.9 Å². The molecule has 3 aromatic heterocycles. The molecule has 1 atom stereocenters. The van der Waals surface area contributed by atoms with Crippen LogP contribution >= 0.6 is 11.6 Å². The van der Waals surface area contributed by atoms with Gasteiger partial charge in [0, 0.05) is 37.9 Å². The Hall–Kier alpha value is -2.12. The summed E-state index contributed by atoms with van der Waals surface area (Å²) < 4.78 is 13.3. The smallest absolute Gasteiger partial charge is 0.299 e. The number of anilines is 1. The van der Waals surface area contributed by atoms with Crippen molar-refractivity contribution < 1.29 is 9.15 Å². The van der Waals surface area contributed by atoms with Gasteiger partial charge in [0.25, 0.3) is 6.01 Å². The van der Waals surface area contributed by atoms with Crippen molar-refractivity contribution in [1.29, 1.82) is 0 Å². The molecule has 1 aliphatic rings. The molecule has 4 heterocycles. The van der Waals surface area contributed by atoms with Crippen molar-refractivity contribution in [1.82, 2.24) is 19.5 Å². The van der Waals surface area contributed by atoms with Crippen molar-refractivity contribution in [2.75, 3.05) is 31.2 Å². The summed E-state index contributed by atoms with van der Waals surface area (Å²) in [4.78, 5) is 15.6. The molecule has 0 aromatic carbocycles. The summed E-state index contributed by atoms with van der Waals surface area (Å²) in [6, 6.07) is 0.490. The van der Waals surface area contributed by atoms with Crippen LogP contribution in [0.1, 0.15) is 31.7 Å². The molecule has 3 aromatic rings. The lowest BCUT2D eigenvalue weighted by Crippen LogP contribution is -2.36. The Morgan fingerprint density at radius 3 is 2.77 bits per heavy atom. The third kappa shape index (κ3) is 2.95. The van der Waals surface area contributed by atoms with Gasteiger partial charge in [0.05, 0.1) is 13.2 Å². The molecule has 8 heteroatoms. The number of hydrogen-bond donors (Lipinski definition) is 0. The van der Waals surface area contributed by atoms with Crippen LogP contribution in [0.4, 0.5) is 6.01 Å². The predicted molar refractivity (Wildman–Crippen MR) is 101 cm³/mol. The molecular weight excluding hydrogens is 354 g/mol. The van der Waals surface area contributed by atoms with E-state index < -0.39 is 0 Å². The van der Waals surface area contributed by atoms with E-state index in [1.807, 2.05) is 22.7 Å². The average molecular weight is 376 g/mol. The van der Waals surface area contributed by atoms with Crippen molar-refractivity contribution in [2.24, 2.45) is 7.05 Å². The molecule has 7 nitrogen and oxygen atoms in total. The fourth-order valence-electron chi connectivity index (χ4n) is 3.23. The standard InChI is InChI=1S/C18H22ClN5O2/c1-4-11(2)13-10-23(3)17-12(13)9-20-16(22-17)14-15(19)21-18(26-14)24-5-7-25-8-6-24/h9-11H,4-8H2,1-3H3.